The van der Waals surface area contributed by atoms with Gasteiger partial charge in [-0.2, -0.15) is 0 Å². The summed E-state index contributed by atoms with van der Waals surface area (Å²) in [5, 5.41) is 5.43. The number of ether oxygens (including phenoxy) is 1. The molecule has 0 aliphatic carbocycles. The van der Waals surface area contributed by atoms with Gasteiger partial charge in [0.05, 0.1) is 0 Å². The molecule has 2 amide bonds. The largest absolute Gasteiger partial charge is 0.454 e. The van der Waals surface area contributed by atoms with Gasteiger partial charge in [0, 0.05) is 30.0 Å². The fourth-order valence-corrected chi connectivity index (χ4v) is 3.64. The van der Waals surface area contributed by atoms with E-state index in [1.165, 1.54) is 19.3 Å². The number of carbonyl (C=O) groups excluding carboxylic acids is 3. The standard InChI is InChI=1S/C25H31N3O4/c1-18(2)23(27-24(30)19-9-5-3-6-10-19)25(31)32-17-22(29)26-20-11-13-21(14-12-20)28-15-7-4-8-16-28/h3,5-6,9-14,18,23H,4,7-8,15-17H2,1-2H3,(H,26,29)(H,27,30). The van der Waals surface area contributed by atoms with Crippen LogP contribution in [0.4, 0.5) is 11.4 Å². The van der Waals surface area contributed by atoms with Gasteiger partial charge in [-0.15, -0.1) is 0 Å². The summed E-state index contributed by atoms with van der Waals surface area (Å²) in [7, 11) is 0. The zero-order valence-corrected chi connectivity index (χ0v) is 18.7. The molecule has 2 aromatic rings. The molecular formula is C25H31N3O4. The van der Waals surface area contributed by atoms with Crippen LogP contribution in [0.15, 0.2) is 54.6 Å². The fraction of sp³-hybridized carbons (Fsp3) is 0.400. The van der Waals surface area contributed by atoms with Crippen LogP contribution in [0.2, 0.25) is 0 Å². The van der Waals surface area contributed by atoms with Crippen LogP contribution < -0.4 is 15.5 Å². The first-order chi connectivity index (χ1) is 15.4. The van der Waals surface area contributed by atoms with E-state index in [-0.39, 0.29) is 11.8 Å². The van der Waals surface area contributed by atoms with Crippen molar-refractivity contribution in [2.45, 2.75) is 39.2 Å². The lowest BCUT2D eigenvalue weighted by Crippen LogP contribution is -2.45. The van der Waals surface area contributed by atoms with Crippen molar-refractivity contribution in [1.82, 2.24) is 5.32 Å². The SMILES string of the molecule is CC(C)C(NC(=O)c1ccccc1)C(=O)OCC(=O)Nc1ccc(N2CCCCC2)cc1. The maximum absolute atomic E-state index is 12.5. The van der Waals surface area contributed by atoms with E-state index < -0.39 is 24.5 Å². The summed E-state index contributed by atoms with van der Waals surface area (Å²) in [6, 6.07) is 15.5. The number of hydrogen-bond acceptors (Lipinski definition) is 5. The van der Waals surface area contributed by atoms with Crippen LogP contribution in [0.5, 0.6) is 0 Å². The average Bonchev–Trinajstić information content (AvgIpc) is 2.82. The highest BCUT2D eigenvalue weighted by molar-refractivity contribution is 5.97. The first-order valence-electron chi connectivity index (χ1n) is 11.1. The molecule has 1 heterocycles. The van der Waals surface area contributed by atoms with Gasteiger partial charge in [0.15, 0.2) is 6.61 Å². The van der Waals surface area contributed by atoms with Crippen LogP contribution in [0.1, 0.15) is 43.5 Å². The summed E-state index contributed by atoms with van der Waals surface area (Å²) >= 11 is 0. The topological polar surface area (TPSA) is 87.7 Å². The maximum Gasteiger partial charge on any atom is 0.329 e. The summed E-state index contributed by atoms with van der Waals surface area (Å²) < 4.78 is 5.18. The lowest BCUT2D eigenvalue weighted by atomic mass is 10.0. The Bertz CT molecular complexity index is 907. The molecule has 0 bridgehead atoms. The molecule has 1 saturated heterocycles. The van der Waals surface area contributed by atoms with Crippen molar-refractivity contribution in [2.75, 3.05) is 29.9 Å². The summed E-state index contributed by atoms with van der Waals surface area (Å²) in [6.45, 7) is 5.30. The smallest absolute Gasteiger partial charge is 0.329 e. The third-order valence-electron chi connectivity index (χ3n) is 5.46. The van der Waals surface area contributed by atoms with Gasteiger partial charge in [0.25, 0.3) is 11.8 Å². The molecule has 1 atom stereocenters. The molecule has 0 radical (unpaired) electrons. The van der Waals surface area contributed by atoms with E-state index in [0.717, 1.165) is 18.8 Å². The maximum atomic E-state index is 12.5. The normalized spacial score (nSPS) is 14.5. The Labute approximate surface area is 189 Å². The van der Waals surface area contributed by atoms with Gasteiger partial charge in [0.1, 0.15) is 6.04 Å². The quantitative estimate of drug-likeness (QED) is 0.616. The van der Waals surface area contributed by atoms with Gasteiger partial charge in [-0.3, -0.25) is 9.59 Å². The van der Waals surface area contributed by atoms with Crippen LogP contribution in [0, 0.1) is 5.92 Å². The second-order valence-electron chi connectivity index (χ2n) is 8.31. The van der Waals surface area contributed by atoms with Crippen LogP contribution in [0.25, 0.3) is 0 Å². The molecule has 0 aromatic heterocycles. The number of esters is 1. The lowest BCUT2D eigenvalue weighted by Gasteiger charge is -2.28. The molecule has 1 fully saturated rings. The van der Waals surface area contributed by atoms with Crippen molar-refractivity contribution in [3.05, 3.63) is 60.2 Å². The van der Waals surface area contributed by atoms with Crippen molar-refractivity contribution in [3.8, 4) is 0 Å². The van der Waals surface area contributed by atoms with E-state index >= 15 is 0 Å². The third-order valence-corrected chi connectivity index (χ3v) is 5.46. The molecule has 0 saturated carbocycles. The summed E-state index contributed by atoms with van der Waals surface area (Å²) in [6.07, 6.45) is 3.68. The van der Waals surface area contributed by atoms with Crippen molar-refractivity contribution in [2.24, 2.45) is 5.92 Å². The van der Waals surface area contributed by atoms with E-state index in [9.17, 15) is 14.4 Å². The van der Waals surface area contributed by atoms with Crippen LogP contribution in [0.3, 0.4) is 0 Å². The molecule has 1 aliphatic heterocycles. The molecule has 32 heavy (non-hydrogen) atoms. The first-order valence-corrected chi connectivity index (χ1v) is 11.1. The van der Waals surface area contributed by atoms with E-state index in [1.54, 1.807) is 38.1 Å². The van der Waals surface area contributed by atoms with Crippen molar-refractivity contribution in [1.29, 1.82) is 0 Å². The number of nitrogens with zero attached hydrogens (tertiary/aromatic N) is 1. The Morgan fingerprint density at radius 1 is 0.938 bits per heavy atom. The molecule has 1 aliphatic rings. The predicted octanol–water partition coefficient (Wildman–Crippen LogP) is 3.61. The number of piperidine rings is 1. The molecule has 7 heteroatoms. The molecular weight excluding hydrogens is 406 g/mol. The number of nitrogens with one attached hydrogen (secondary N) is 2. The minimum atomic E-state index is -0.848. The van der Waals surface area contributed by atoms with Crippen molar-refractivity contribution in [3.63, 3.8) is 0 Å². The minimum Gasteiger partial charge on any atom is -0.454 e. The second-order valence-corrected chi connectivity index (χ2v) is 8.31. The van der Waals surface area contributed by atoms with Gasteiger partial charge in [-0.1, -0.05) is 32.0 Å². The van der Waals surface area contributed by atoms with E-state index in [1.807, 2.05) is 30.3 Å². The predicted molar refractivity (Wildman–Crippen MR) is 125 cm³/mol. The molecule has 2 aromatic carbocycles. The van der Waals surface area contributed by atoms with Crippen molar-refractivity contribution >= 4 is 29.2 Å². The van der Waals surface area contributed by atoms with Crippen molar-refractivity contribution < 1.29 is 19.1 Å². The van der Waals surface area contributed by atoms with Crippen LogP contribution in [-0.2, 0) is 14.3 Å². The zero-order chi connectivity index (χ0) is 22.9. The molecule has 3 rings (SSSR count). The highest BCUT2D eigenvalue weighted by Gasteiger charge is 2.26. The Hall–Kier alpha value is -3.35. The fourth-order valence-electron chi connectivity index (χ4n) is 3.64. The van der Waals surface area contributed by atoms with Gasteiger partial charge in [-0.25, -0.2) is 4.79 Å². The van der Waals surface area contributed by atoms with Crippen LogP contribution >= 0.6 is 0 Å². The molecule has 0 spiro atoms. The summed E-state index contributed by atoms with van der Waals surface area (Å²) in [4.78, 5) is 39.5. The molecule has 1 unspecified atom stereocenters. The third kappa shape index (κ3) is 6.57. The Morgan fingerprint density at radius 3 is 2.22 bits per heavy atom. The highest BCUT2D eigenvalue weighted by Crippen LogP contribution is 2.21. The molecule has 170 valence electrons. The lowest BCUT2D eigenvalue weighted by molar-refractivity contribution is -0.150. The number of carbonyl (C=O) groups is 3. The average molecular weight is 438 g/mol. The first kappa shape index (κ1) is 23.3. The van der Waals surface area contributed by atoms with Gasteiger partial charge in [-0.05, 0) is 61.6 Å². The van der Waals surface area contributed by atoms with E-state index in [4.69, 9.17) is 4.74 Å². The minimum absolute atomic E-state index is 0.194. The second kappa shape index (κ2) is 11.3. The van der Waals surface area contributed by atoms with E-state index in [0.29, 0.717) is 11.3 Å². The Balaban J connectivity index is 1.49. The highest BCUT2D eigenvalue weighted by atomic mass is 16.5. The van der Waals surface area contributed by atoms with Gasteiger partial charge >= 0.3 is 5.97 Å². The molecule has 2 N–H and O–H groups in total. The number of anilines is 2. The summed E-state index contributed by atoms with van der Waals surface area (Å²) in [5.41, 5.74) is 2.24. The summed E-state index contributed by atoms with van der Waals surface area (Å²) in [5.74, 6) is -1.62. The number of amides is 2. The number of hydrogen-bond donors (Lipinski definition) is 2. The van der Waals surface area contributed by atoms with Crippen LogP contribution in [-0.4, -0.2) is 43.5 Å². The Kier molecular flexibility index (Phi) is 8.25. The zero-order valence-electron chi connectivity index (χ0n) is 18.7. The molecule has 7 nitrogen and oxygen atoms in total. The van der Waals surface area contributed by atoms with E-state index in [2.05, 4.69) is 15.5 Å². The Morgan fingerprint density at radius 2 is 1.59 bits per heavy atom. The number of rotatable bonds is 8. The monoisotopic (exact) mass is 437 g/mol. The van der Waals surface area contributed by atoms with Gasteiger partial charge in [0.2, 0.25) is 0 Å². The van der Waals surface area contributed by atoms with Gasteiger partial charge < -0.3 is 20.3 Å². The number of benzene rings is 2.